The highest BCUT2D eigenvalue weighted by atomic mass is 16.5. The maximum atomic E-state index is 5.83. The molecule has 0 fully saturated rings. The molecule has 0 aliphatic heterocycles. The highest BCUT2D eigenvalue weighted by Gasteiger charge is 2.06. The molecule has 1 aromatic heterocycles. The third-order valence-electron chi connectivity index (χ3n) is 2.56. The molecule has 1 atom stereocenters. The Morgan fingerprint density at radius 1 is 1.50 bits per heavy atom. The molecule has 0 radical (unpaired) electrons. The van der Waals surface area contributed by atoms with Crippen molar-refractivity contribution in [1.82, 2.24) is 9.97 Å². The van der Waals surface area contributed by atoms with Crippen LogP contribution in [0, 0.1) is 6.92 Å². The minimum atomic E-state index is 0.247. The minimum Gasteiger partial charge on any atom is -0.481 e. The third-order valence-corrected chi connectivity index (χ3v) is 2.56. The summed E-state index contributed by atoms with van der Waals surface area (Å²) in [5.74, 6) is 1.42. The van der Waals surface area contributed by atoms with Gasteiger partial charge in [0.1, 0.15) is 12.1 Å². The van der Waals surface area contributed by atoms with Gasteiger partial charge in [0.15, 0.2) is 0 Å². The maximum Gasteiger partial charge on any atom is 0.221 e. The van der Waals surface area contributed by atoms with E-state index < -0.39 is 0 Å². The van der Waals surface area contributed by atoms with Crippen LogP contribution in [0.3, 0.4) is 0 Å². The van der Waals surface area contributed by atoms with Crippen LogP contribution in [-0.4, -0.2) is 29.7 Å². The van der Waals surface area contributed by atoms with Gasteiger partial charge in [-0.1, -0.05) is 6.92 Å². The summed E-state index contributed by atoms with van der Waals surface area (Å²) in [4.78, 5) is 8.19. The van der Waals surface area contributed by atoms with Gasteiger partial charge >= 0.3 is 0 Å². The zero-order valence-corrected chi connectivity index (χ0v) is 10.2. The molecule has 5 heteroatoms. The summed E-state index contributed by atoms with van der Waals surface area (Å²) >= 11 is 0. The number of nitrogens with zero attached hydrogens (tertiary/aromatic N) is 2. The number of aromatic nitrogens is 2. The predicted molar refractivity (Wildman–Crippen MR) is 64.7 cm³/mol. The molecule has 1 aromatic rings. The first-order valence-electron chi connectivity index (χ1n) is 5.54. The topological polar surface area (TPSA) is 73.1 Å². The number of nitrogens with two attached hydrogens (primary N) is 1. The molecule has 16 heavy (non-hydrogen) atoms. The third kappa shape index (κ3) is 3.34. The van der Waals surface area contributed by atoms with Gasteiger partial charge in [0.05, 0.1) is 12.7 Å². The Kier molecular flexibility index (Phi) is 4.98. The number of rotatable bonds is 6. The molecule has 0 spiro atoms. The molecule has 3 N–H and O–H groups in total. The van der Waals surface area contributed by atoms with E-state index in [4.69, 9.17) is 10.5 Å². The van der Waals surface area contributed by atoms with Crippen LogP contribution in [0.2, 0.25) is 0 Å². The van der Waals surface area contributed by atoms with Crippen LogP contribution in [0.1, 0.15) is 25.3 Å². The van der Waals surface area contributed by atoms with Gasteiger partial charge in [-0.25, -0.2) is 9.97 Å². The fraction of sp³-hybridized carbons (Fsp3) is 0.636. The Bertz CT molecular complexity index is 330. The van der Waals surface area contributed by atoms with Crippen LogP contribution in [0.25, 0.3) is 0 Å². The Labute approximate surface area is 96.4 Å². The van der Waals surface area contributed by atoms with Crippen LogP contribution in [-0.2, 0) is 0 Å². The van der Waals surface area contributed by atoms with Gasteiger partial charge in [-0.05, 0) is 19.8 Å². The average Bonchev–Trinajstić information content (AvgIpc) is 2.31. The van der Waals surface area contributed by atoms with Crippen LogP contribution < -0.4 is 15.8 Å². The molecule has 0 saturated heterocycles. The summed E-state index contributed by atoms with van der Waals surface area (Å²) in [6, 6.07) is 0.247. The Morgan fingerprint density at radius 3 is 2.88 bits per heavy atom. The number of hydrogen-bond acceptors (Lipinski definition) is 5. The molecule has 0 saturated carbocycles. The van der Waals surface area contributed by atoms with E-state index in [2.05, 4.69) is 22.2 Å². The van der Waals surface area contributed by atoms with Gasteiger partial charge < -0.3 is 15.8 Å². The maximum absolute atomic E-state index is 5.83. The molecular weight excluding hydrogens is 204 g/mol. The fourth-order valence-corrected chi connectivity index (χ4v) is 1.40. The fourth-order valence-electron chi connectivity index (χ4n) is 1.40. The zero-order valence-electron chi connectivity index (χ0n) is 10.2. The predicted octanol–water partition coefficient (Wildman–Crippen LogP) is 1.33. The smallest absolute Gasteiger partial charge is 0.221 e. The lowest BCUT2D eigenvalue weighted by atomic mass is 10.2. The highest BCUT2D eigenvalue weighted by Crippen LogP contribution is 2.19. The van der Waals surface area contributed by atoms with Crippen molar-refractivity contribution in [2.24, 2.45) is 5.73 Å². The Morgan fingerprint density at radius 2 is 2.25 bits per heavy atom. The first kappa shape index (κ1) is 12.7. The van der Waals surface area contributed by atoms with Crippen LogP contribution in [0.5, 0.6) is 5.88 Å². The van der Waals surface area contributed by atoms with Crippen molar-refractivity contribution in [3.8, 4) is 5.88 Å². The van der Waals surface area contributed by atoms with Crippen LogP contribution in [0.4, 0.5) is 5.82 Å². The van der Waals surface area contributed by atoms with Crippen molar-refractivity contribution in [3.05, 3.63) is 11.9 Å². The molecule has 0 aliphatic carbocycles. The van der Waals surface area contributed by atoms with E-state index in [-0.39, 0.29) is 6.04 Å². The van der Waals surface area contributed by atoms with Crippen LogP contribution in [0.15, 0.2) is 6.33 Å². The summed E-state index contributed by atoms with van der Waals surface area (Å²) in [5, 5.41) is 3.24. The normalized spacial score (nSPS) is 12.2. The molecule has 1 unspecified atom stereocenters. The Hall–Kier alpha value is -1.36. The van der Waals surface area contributed by atoms with Crippen molar-refractivity contribution < 1.29 is 4.74 Å². The molecule has 0 amide bonds. The second-order valence-electron chi connectivity index (χ2n) is 3.74. The van der Waals surface area contributed by atoms with E-state index in [0.29, 0.717) is 5.88 Å². The number of methoxy groups -OCH3 is 1. The molecule has 1 rings (SSSR count). The van der Waals surface area contributed by atoms with Crippen molar-refractivity contribution >= 4 is 5.82 Å². The largest absolute Gasteiger partial charge is 0.481 e. The monoisotopic (exact) mass is 224 g/mol. The van der Waals surface area contributed by atoms with E-state index in [0.717, 1.165) is 30.8 Å². The summed E-state index contributed by atoms with van der Waals surface area (Å²) < 4.78 is 5.12. The van der Waals surface area contributed by atoms with Gasteiger partial charge in [-0.2, -0.15) is 0 Å². The highest BCUT2D eigenvalue weighted by molar-refractivity contribution is 5.47. The van der Waals surface area contributed by atoms with Gasteiger partial charge in [-0.3, -0.25) is 0 Å². The zero-order chi connectivity index (χ0) is 12.0. The molecule has 0 aliphatic rings. The second-order valence-corrected chi connectivity index (χ2v) is 3.74. The second kappa shape index (κ2) is 6.27. The minimum absolute atomic E-state index is 0.247. The van der Waals surface area contributed by atoms with E-state index in [9.17, 15) is 0 Å². The molecule has 90 valence electrons. The lowest BCUT2D eigenvalue weighted by Gasteiger charge is -2.12. The first-order valence-corrected chi connectivity index (χ1v) is 5.54. The van der Waals surface area contributed by atoms with Crippen molar-refractivity contribution in [2.45, 2.75) is 32.7 Å². The van der Waals surface area contributed by atoms with E-state index in [1.165, 1.54) is 6.33 Å². The number of hydrogen-bond donors (Lipinski definition) is 2. The SMILES string of the molecule is CCC(N)CCNc1ncnc(OC)c1C. The lowest BCUT2D eigenvalue weighted by molar-refractivity contribution is 0.393. The van der Waals surface area contributed by atoms with Gasteiger partial charge in [0.25, 0.3) is 0 Å². The Balaban J connectivity index is 2.54. The molecule has 0 bridgehead atoms. The molecular formula is C11H20N4O. The van der Waals surface area contributed by atoms with Crippen molar-refractivity contribution in [2.75, 3.05) is 19.0 Å². The number of ether oxygens (including phenoxy) is 1. The summed E-state index contributed by atoms with van der Waals surface area (Å²) in [6.45, 7) is 4.83. The van der Waals surface area contributed by atoms with Gasteiger partial charge in [-0.15, -0.1) is 0 Å². The number of nitrogens with one attached hydrogen (secondary N) is 1. The summed E-state index contributed by atoms with van der Waals surface area (Å²) in [6.07, 6.45) is 3.42. The van der Waals surface area contributed by atoms with Gasteiger partial charge in [0.2, 0.25) is 5.88 Å². The first-order chi connectivity index (χ1) is 7.69. The van der Waals surface area contributed by atoms with Crippen molar-refractivity contribution in [3.63, 3.8) is 0 Å². The standard InChI is InChI=1S/C11H20N4O/c1-4-9(12)5-6-13-10-8(2)11(16-3)15-7-14-10/h7,9H,4-6,12H2,1-3H3,(H,13,14,15). The molecule has 5 nitrogen and oxygen atoms in total. The number of anilines is 1. The molecule has 1 heterocycles. The molecule has 0 aromatic carbocycles. The average molecular weight is 224 g/mol. The summed E-state index contributed by atoms with van der Waals surface area (Å²) in [5.41, 5.74) is 6.76. The van der Waals surface area contributed by atoms with E-state index in [1.54, 1.807) is 7.11 Å². The lowest BCUT2D eigenvalue weighted by Crippen LogP contribution is -2.22. The van der Waals surface area contributed by atoms with E-state index >= 15 is 0 Å². The van der Waals surface area contributed by atoms with Crippen molar-refractivity contribution in [1.29, 1.82) is 0 Å². The summed E-state index contributed by atoms with van der Waals surface area (Å²) in [7, 11) is 1.60. The van der Waals surface area contributed by atoms with E-state index in [1.807, 2.05) is 6.92 Å². The van der Waals surface area contributed by atoms with Gasteiger partial charge in [0, 0.05) is 12.6 Å². The quantitative estimate of drug-likeness (QED) is 0.762. The van der Waals surface area contributed by atoms with Crippen LogP contribution >= 0.6 is 0 Å².